The van der Waals surface area contributed by atoms with E-state index in [1.807, 2.05) is 30.3 Å². The van der Waals surface area contributed by atoms with E-state index in [0.29, 0.717) is 17.1 Å². The molecule has 1 N–H and O–H groups in total. The highest BCUT2D eigenvalue weighted by Crippen LogP contribution is 2.31. The summed E-state index contributed by atoms with van der Waals surface area (Å²) in [5, 5.41) is 20.6. The van der Waals surface area contributed by atoms with Crippen molar-refractivity contribution in [3.63, 3.8) is 0 Å². The lowest BCUT2D eigenvalue weighted by molar-refractivity contribution is -0.384. The van der Waals surface area contributed by atoms with Crippen molar-refractivity contribution in [3.05, 3.63) is 82.0 Å². The van der Waals surface area contributed by atoms with Crippen LogP contribution >= 0.6 is 0 Å². The number of nitro benzene ring substituents is 1. The molecule has 0 aliphatic rings. The molecule has 0 spiro atoms. The van der Waals surface area contributed by atoms with Crippen LogP contribution in [-0.4, -0.2) is 20.6 Å². The maximum atomic E-state index is 11.6. The van der Waals surface area contributed by atoms with Gasteiger partial charge in [-0.1, -0.05) is 36.4 Å². The Labute approximate surface area is 137 Å². The second-order valence-electron chi connectivity index (χ2n) is 5.33. The Kier molecular flexibility index (Phi) is 3.87. The predicted octanol–water partition coefficient (Wildman–Crippen LogP) is 4.06. The van der Waals surface area contributed by atoms with E-state index in [9.17, 15) is 20.0 Å². The average Bonchev–Trinajstić information content (AvgIpc) is 2.93. The average molecular weight is 322 g/mol. The maximum Gasteiger partial charge on any atom is 0.337 e. The molecule has 6 heteroatoms. The molecule has 2 aromatic carbocycles. The number of aromatic nitrogens is 1. The number of carbonyl (C=O) groups is 1. The molecule has 0 amide bonds. The molecule has 1 aromatic heterocycles. The first-order valence-electron chi connectivity index (χ1n) is 7.25. The number of nitrogens with zero attached hydrogens (tertiary/aromatic N) is 2. The van der Waals surface area contributed by atoms with Crippen molar-refractivity contribution in [2.45, 2.75) is 6.92 Å². The van der Waals surface area contributed by atoms with Crippen molar-refractivity contribution >= 4 is 11.7 Å². The summed E-state index contributed by atoms with van der Waals surface area (Å²) in [6, 6.07) is 16.8. The van der Waals surface area contributed by atoms with Crippen molar-refractivity contribution in [1.29, 1.82) is 0 Å². The standard InChI is InChI=1S/C18H14N2O4/c1-12-10-16(18(21)22)17(13-6-3-2-4-7-13)19(12)14-8-5-9-15(11-14)20(23)24/h2-11H,1H3,(H,21,22). The number of hydrogen-bond acceptors (Lipinski definition) is 3. The van der Waals surface area contributed by atoms with Gasteiger partial charge in [-0.15, -0.1) is 0 Å². The van der Waals surface area contributed by atoms with Gasteiger partial charge in [0.05, 0.1) is 21.9 Å². The molecule has 24 heavy (non-hydrogen) atoms. The van der Waals surface area contributed by atoms with Gasteiger partial charge in [0, 0.05) is 17.8 Å². The number of nitro groups is 1. The van der Waals surface area contributed by atoms with E-state index < -0.39 is 10.9 Å². The SMILES string of the molecule is Cc1cc(C(=O)O)c(-c2ccccc2)n1-c1cccc([N+](=O)[O-])c1. The molecule has 0 aliphatic heterocycles. The second-order valence-corrected chi connectivity index (χ2v) is 5.33. The molecular formula is C18H14N2O4. The number of aromatic carboxylic acids is 1. The fourth-order valence-electron chi connectivity index (χ4n) is 2.76. The number of hydrogen-bond donors (Lipinski definition) is 1. The first kappa shape index (κ1) is 15.5. The second kappa shape index (κ2) is 6.00. The van der Waals surface area contributed by atoms with Gasteiger partial charge in [-0.3, -0.25) is 10.1 Å². The number of carboxylic acids is 1. The molecule has 0 aliphatic carbocycles. The number of aryl methyl sites for hydroxylation is 1. The lowest BCUT2D eigenvalue weighted by Crippen LogP contribution is -2.03. The first-order chi connectivity index (χ1) is 11.5. The van der Waals surface area contributed by atoms with Gasteiger partial charge >= 0.3 is 5.97 Å². The quantitative estimate of drug-likeness (QED) is 0.580. The Morgan fingerprint density at radius 2 is 1.79 bits per heavy atom. The van der Waals surface area contributed by atoms with Crippen LogP contribution in [0.4, 0.5) is 5.69 Å². The maximum absolute atomic E-state index is 11.6. The lowest BCUT2D eigenvalue weighted by Gasteiger charge is -2.13. The van der Waals surface area contributed by atoms with Crippen molar-refractivity contribution < 1.29 is 14.8 Å². The zero-order valence-corrected chi connectivity index (χ0v) is 12.8. The molecule has 0 atom stereocenters. The molecule has 120 valence electrons. The van der Waals surface area contributed by atoms with Crippen LogP contribution < -0.4 is 0 Å². The molecule has 0 saturated heterocycles. The normalized spacial score (nSPS) is 10.5. The fourth-order valence-corrected chi connectivity index (χ4v) is 2.76. The molecule has 0 fully saturated rings. The van der Waals surface area contributed by atoms with Crippen LogP contribution in [0.1, 0.15) is 16.1 Å². The Bertz CT molecular complexity index is 929. The van der Waals surface area contributed by atoms with Crippen molar-refractivity contribution in [3.8, 4) is 16.9 Å². The smallest absolute Gasteiger partial charge is 0.337 e. The molecule has 3 rings (SSSR count). The molecule has 1 heterocycles. The zero-order chi connectivity index (χ0) is 17.3. The van der Waals surface area contributed by atoms with Crippen molar-refractivity contribution in [2.75, 3.05) is 0 Å². The summed E-state index contributed by atoms with van der Waals surface area (Å²) in [6.45, 7) is 1.78. The number of carboxylic acid groups (broad SMARTS) is 1. The molecule has 3 aromatic rings. The topological polar surface area (TPSA) is 85.4 Å². The predicted molar refractivity (Wildman–Crippen MR) is 89.6 cm³/mol. The molecule has 0 radical (unpaired) electrons. The third-order valence-corrected chi connectivity index (χ3v) is 3.76. The van der Waals surface area contributed by atoms with Crippen LogP contribution in [0, 0.1) is 17.0 Å². The van der Waals surface area contributed by atoms with E-state index in [2.05, 4.69) is 0 Å². The zero-order valence-electron chi connectivity index (χ0n) is 12.8. The third-order valence-electron chi connectivity index (χ3n) is 3.76. The summed E-state index contributed by atoms with van der Waals surface area (Å²) in [5.41, 5.74) is 2.58. The monoisotopic (exact) mass is 322 g/mol. The van der Waals surface area contributed by atoms with Gasteiger partial charge in [0.25, 0.3) is 5.69 Å². The fraction of sp³-hybridized carbons (Fsp3) is 0.0556. The summed E-state index contributed by atoms with van der Waals surface area (Å²) in [7, 11) is 0. The molecule has 6 nitrogen and oxygen atoms in total. The Morgan fingerprint density at radius 1 is 1.08 bits per heavy atom. The molecular weight excluding hydrogens is 308 g/mol. The van der Waals surface area contributed by atoms with E-state index in [0.717, 1.165) is 5.56 Å². The summed E-state index contributed by atoms with van der Waals surface area (Å²) in [6.07, 6.45) is 0. The van der Waals surface area contributed by atoms with Gasteiger partial charge in [-0.2, -0.15) is 0 Å². The van der Waals surface area contributed by atoms with Crippen LogP contribution in [0.2, 0.25) is 0 Å². The van der Waals surface area contributed by atoms with Crippen LogP contribution in [0.25, 0.3) is 16.9 Å². The lowest BCUT2D eigenvalue weighted by atomic mass is 10.1. The van der Waals surface area contributed by atoms with Gasteiger partial charge in [0.15, 0.2) is 0 Å². The largest absolute Gasteiger partial charge is 0.478 e. The summed E-state index contributed by atoms with van der Waals surface area (Å²) >= 11 is 0. The van der Waals surface area contributed by atoms with Crippen molar-refractivity contribution in [2.24, 2.45) is 0 Å². The highest BCUT2D eigenvalue weighted by molar-refractivity contribution is 5.96. The van der Waals surface area contributed by atoms with E-state index in [-0.39, 0.29) is 11.3 Å². The highest BCUT2D eigenvalue weighted by atomic mass is 16.6. The number of rotatable bonds is 4. The van der Waals surface area contributed by atoms with Gasteiger partial charge in [-0.25, -0.2) is 4.79 Å². The first-order valence-corrected chi connectivity index (χ1v) is 7.25. The number of benzene rings is 2. The van der Waals surface area contributed by atoms with Crippen LogP contribution in [-0.2, 0) is 0 Å². The Morgan fingerprint density at radius 3 is 2.42 bits per heavy atom. The van der Waals surface area contributed by atoms with Gasteiger partial charge in [0.2, 0.25) is 0 Å². The minimum Gasteiger partial charge on any atom is -0.478 e. The van der Waals surface area contributed by atoms with E-state index >= 15 is 0 Å². The minimum atomic E-state index is -1.04. The summed E-state index contributed by atoms with van der Waals surface area (Å²) < 4.78 is 1.73. The van der Waals surface area contributed by atoms with Gasteiger partial charge in [-0.05, 0) is 24.6 Å². The summed E-state index contributed by atoms with van der Waals surface area (Å²) in [5.74, 6) is -1.04. The van der Waals surface area contributed by atoms with Crippen LogP contribution in [0.15, 0.2) is 60.7 Å². The van der Waals surface area contributed by atoms with Crippen LogP contribution in [0.5, 0.6) is 0 Å². The van der Waals surface area contributed by atoms with E-state index in [1.54, 1.807) is 29.7 Å². The van der Waals surface area contributed by atoms with Gasteiger partial charge in [0.1, 0.15) is 0 Å². The third kappa shape index (κ3) is 2.65. The minimum absolute atomic E-state index is 0.0449. The van der Waals surface area contributed by atoms with Crippen LogP contribution in [0.3, 0.4) is 0 Å². The Hall–Kier alpha value is -3.41. The Balaban J connectivity index is 2.31. The van der Waals surface area contributed by atoms with Crippen molar-refractivity contribution in [1.82, 2.24) is 4.57 Å². The number of non-ortho nitro benzene ring substituents is 1. The summed E-state index contributed by atoms with van der Waals surface area (Å²) in [4.78, 5) is 22.2. The van der Waals surface area contributed by atoms with Gasteiger partial charge < -0.3 is 9.67 Å². The van der Waals surface area contributed by atoms with E-state index in [1.165, 1.54) is 12.1 Å². The highest BCUT2D eigenvalue weighted by Gasteiger charge is 2.21. The molecule has 0 unspecified atom stereocenters. The molecule has 0 bridgehead atoms. The van der Waals surface area contributed by atoms with E-state index in [4.69, 9.17) is 0 Å². The molecule has 0 saturated carbocycles.